The maximum atomic E-state index is 11.9. The van der Waals surface area contributed by atoms with Crippen LogP contribution in [0, 0.1) is 0 Å². The summed E-state index contributed by atoms with van der Waals surface area (Å²) in [4.78, 5) is 13.8. The van der Waals surface area contributed by atoms with Gasteiger partial charge in [0, 0.05) is 39.2 Å². The van der Waals surface area contributed by atoms with E-state index < -0.39 is 0 Å². The molecule has 0 aromatic carbocycles. The van der Waals surface area contributed by atoms with E-state index in [0.717, 1.165) is 58.5 Å². The number of likely N-dealkylation sites (tertiary alicyclic amines) is 1. The van der Waals surface area contributed by atoms with Crippen LogP contribution in [0.15, 0.2) is 0 Å². The molecule has 1 spiro atoms. The predicted octanol–water partition coefficient (Wildman–Crippen LogP) is 0.146. The SMILES string of the molecule is O=C(CO[C@H]1CCOC2(CNC2)C1)N1CCCC1. The van der Waals surface area contributed by atoms with E-state index in [2.05, 4.69) is 5.32 Å². The van der Waals surface area contributed by atoms with Gasteiger partial charge in [-0.15, -0.1) is 0 Å². The Bertz CT molecular complexity index is 311. The van der Waals surface area contributed by atoms with Crippen LogP contribution in [0.3, 0.4) is 0 Å². The van der Waals surface area contributed by atoms with E-state index >= 15 is 0 Å². The summed E-state index contributed by atoms with van der Waals surface area (Å²) in [5, 5.41) is 3.25. The van der Waals surface area contributed by atoms with E-state index in [0.29, 0.717) is 0 Å². The number of hydrogen-bond acceptors (Lipinski definition) is 4. The molecule has 0 aromatic rings. The Morgan fingerprint density at radius 3 is 2.83 bits per heavy atom. The van der Waals surface area contributed by atoms with E-state index in [4.69, 9.17) is 9.47 Å². The van der Waals surface area contributed by atoms with Crippen molar-refractivity contribution in [1.29, 1.82) is 0 Å². The topological polar surface area (TPSA) is 50.8 Å². The van der Waals surface area contributed by atoms with Gasteiger partial charge in [0.1, 0.15) is 6.61 Å². The molecular weight excluding hydrogens is 232 g/mol. The number of amides is 1. The summed E-state index contributed by atoms with van der Waals surface area (Å²) in [5.74, 6) is 0.153. The molecule has 1 amide bonds. The number of nitrogens with zero attached hydrogens (tertiary/aromatic N) is 1. The summed E-state index contributed by atoms with van der Waals surface area (Å²) in [6.07, 6.45) is 4.30. The molecule has 0 aromatic heterocycles. The zero-order chi connectivity index (χ0) is 12.4. The maximum absolute atomic E-state index is 11.9. The van der Waals surface area contributed by atoms with Crippen LogP contribution in [0.5, 0.6) is 0 Å². The lowest BCUT2D eigenvalue weighted by atomic mass is 9.87. The average molecular weight is 254 g/mol. The van der Waals surface area contributed by atoms with Gasteiger partial charge in [-0.1, -0.05) is 0 Å². The van der Waals surface area contributed by atoms with E-state index in [1.165, 1.54) is 0 Å². The lowest BCUT2D eigenvalue weighted by Gasteiger charge is -2.47. The molecule has 1 N–H and O–H groups in total. The fourth-order valence-corrected chi connectivity index (χ4v) is 3.02. The van der Waals surface area contributed by atoms with E-state index in [-0.39, 0.29) is 24.2 Å². The monoisotopic (exact) mass is 254 g/mol. The molecule has 3 aliphatic heterocycles. The Balaban J connectivity index is 1.43. The first-order chi connectivity index (χ1) is 8.77. The lowest BCUT2D eigenvalue weighted by Crippen LogP contribution is -2.64. The molecule has 1 atom stereocenters. The largest absolute Gasteiger partial charge is 0.372 e. The highest BCUT2D eigenvalue weighted by Gasteiger charge is 2.43. The summed E-state index contributed by atoms with van der Waals surface area (Å²) in [5.41, 5.74) is -0.000388. The first-order valence-electron chi connectivity index (χ1n) is 7.02. The second-order valence-corrected chi connectivity index (χ2v) is 5.65. The third kappa shape index (κ3) is 2.53. The highest BCUT2D eigenvalue weighted by atomic mass is 16.5. The van der Waals surface area contributed by atoms with Crippen molar-refractivity contribution in [2.75, 3.05) is 39.4 Å². The van der Waals surface area contributed by atoms with Gasteiger partial charge in [0.15, 0.2) is 0 Å². The Morgan fingerprint density at radius 1 is 1.39 bits per heavy atom. The smallest absolute Gasteiger partial charge is 0.248 e. The number of rotatable bonds is 3. The number of nitrogens with one attached hydrogen (secondary N) is 1. The third-order valence-electron chi connectivity index (χ3n) is 4.24. The van der Waals surface area contributed by atoms with Crippen molar-refractivity contribution >= 4 is 5.91 Å². The fourth-order valence-electron chi connectivity index (χ4n) is 3.02. The highest BCUT2D eigenvalue weighted by Crippen LogP contribution is 2.30. The van der Waals surface area contributed by atoms with E-state index in [9.17, 15) is 4.79 Å². The molecule has 0 aliphatic carbocycles. The third-order valence-corrected chi connectivity index (χ3v) is 4.24. The normalized spacial score (nSPS) is 30.4. The Hall–Kier alpha value is -0.650. The molecular formula is C13H22N2O3. The number of carbonyl (C=O) groups excluding carboxylic acids is 1. The average Bonchev–Trinajstić information content (AvgIpc) is 2.88. The zero-order valence-electron chi connectivity index (χ0n) is 10.8. The summed E-state index contributed by atoms with van der Waals surface area (Å²) < 4.78 is 11.6. The van der Waals surface area contributed by atoms with Gasteiger partial charge in [-0.3, -0.25) is 4.79 Å². The summed E-state index contributed by atoms with van der Waals surface area (Å²) >= 11 is 0. The Kier molecular flexibility index (Phi) is 3.54. The van der Waals surface area contributed by atoms with Crippen LogP contribution >= 0.6 is 0 Å². The highest BCUT2D eigenvalue weighted by molar-refractivity contribution is 5.77. The molecule has 102 valence electrons. The summed E-state index contributed by atoms with van der Waals surface area (Å²) in [6, 6.07) is 0. The van der Waals surface area contributed by atoms with Gasteiger partial charge in [-0.2, -0.15) is 0 Å². The fraction of sp³-hybridized carbons (Fsp3) is 0.923. The Morgan fingerprint density at radius 2 is 2.17 bits per heavy atom. The first kappa shape index (κ1) is 12.4. The van der Waals surface area contributed by atoms with Crippen molar-refractivity contribution in [3.8, 4) is 0 Å². The van der Waals surface area contributed by atoms with Gasteiger partial charge in [-0.25, -0.2) is 0 Å². The van der Waals surface area contributed by atoms with Gasteiger partial charge < -0.3 is 19.7 Å². The second-order valence-electron chi connectivity index (χ2n) is 5.65. The van der Waals surface area contributed by atoms with Crippen molar-refractivity contribution in [2.24, 2.45) is 0 Å². The number of carbonyl (C=O) groups is 1. The van der Waals surface area contributed by atoms with Crippen molar-refractivity contribution in [3.63, 3.8) is 0 Å². The predicted molar refractivity (Wildman–Crippen MR) is 66.3 cm³/mol. The van der Waals surface area contributed by atoms with E-state index in [1.54, 1.807) is 0 Å². The molecule has 5 heteroatoms. The number of ether oxygens (including phenoxy) is 2. The minimum absolute atomic E-state index is 0.000388. The van der Waals surface area contributed by atoms with E-state index in [1.807, 2.05) is 4.90 Å². The zero-order valence-corrected chi connectivity index (χ0v) is 10.8. The number of hydrogen-bond donors (Lipinski definition) is 1. The molecule has 3 heterocycles. The van der Waals surface area contributed by atoms with Crippen LogP contribution in [-0.2, 0) is 14.3 Å². The first-order valence-corrected chi connectivity index (χ1v) is 7.02. The van der Waals surface area contributed by atoms with Crippen LogP contribution in [0.4, 0.5) is 0 Å². The minimum atomic E-state index is -0.000388. The van der Waals surface area contributed by atoms with Crippen molar-refractivity contribution in [1.82, 2.24) is 10.2 Å². The molecule has 0 radical (unpaired) electrons. The van der Waals surface area contributed by atoms with Crippen LogP contribution in [0.25, 0.3) is 0 Å². The van der Waals surface area contributed by atoms with Gasteiger partial charge in [0.25, 0.3) is 0 Å². The Labute approximate surface area is 108 Å². The minimum Gasteiger partial charge on any atom is -0.372 e. The summed E-state index contributed by atoms with van der Waals surface area (Å²) in [7, 11) is 0. The van der Waals surface area contributed by atoms with Gasteiger partial charge in [0.05, 0.1) is 11.7 Å². The van der Waals surface area contributed by atoms with Crippen molar-refractivity contribution < 1.29 is 14.3 Å². The van der Waals surface area contributed by atoms with Crippen LogP contribution in [0.2, 0.25) is 0 Å². The lowest BCUT2D eigenvalue weighted by molar-refractivity contribution is -0.163. The molecule has 3 aliphatic rings. The molecule has 3 fully saturated rings. The second kappa shape index (κ2) is 5.15. The molecule has 18 heavy (non-hydrogen) atoms. The molecule has 0 unspecified atom stereocenters. The quantitative estimate of drug-likeness (QED) is 0.779. The van der Waals surface area contributed by atoms with Crippen molar-refractivity contribution in [2.45, 2.75) is 37.4 Å². The molecule has 0 bridgehead atoms. The summed E-state index contributed by atoms with van der Waals surface area (Å²) in [6.45, 7) is 4.66. The molecule has 3 saturated heterocycles. The van der Waals surface area contributed by atoms with Crippen LogP contribution < -0.4 is 5.32 Å². The van der Waals surface area contributed by atoms with Gasteiger partial charge >= 0.3 is 0 Å². The van der Waals surface area contributed by atoms with Gasteiger partial charge in [-0.05, 0) is 19.3 Å². The van der Waals surface area contributed by atoms with Crippen LogP contribution in [0.1, 0.15) is 25.7 Å². The standard InChI is InChI=1S/C13H22N2O3/c16-12(15-4-1-2-5-15)8-17-11-3-6-18-13(7-11)9-14-10-13/h11,14H,1-10H2/t11-/m0/s1. The van der Waals surface area contributed by atoms with Gasteiger partial charge in [0.2, 0.25) is 5.91 Å². The molecule has 3 rings (SSSR count). The van der Waals surface area contributed by atoms with Crippen molar-refractivity contribution in [3.05, 3.63) is 0 Å². The molecule has 5 nitrogen and oxygen atoms in total. The van der Waals surface area contributed by atoms with Crippen LogP contribution in [-0.4, -0.2) is 61.9 Å². The molecule has 0 saturated carbocycles. The maximum Gasteiger partial charge on any atom is 0.248 e.